The second-order valence-corrected chi connectivity index (χ2v) is 8.42. The molecule has 3 nitrogen and oxygen atoms in total. The van der Waals surface area contributed by atoms with Gasteiger partial charge in [0.15, 0.2) is 0 Å². The van der Waals surface area contributed by atoms with Crippen molar-refractivity contribution in [2.75, 3.05) is 11.9 Å². The van der Waals surface area contributed by atoms with E-state index < -0.39 is 10.0 Å². The van der Waals surface area contributed by atoms with E-state index in [1.54, 1.807) is 6.07 Å². The molecule has 0 fully saturated rings. The molecule has 17 heavy (non-hydrogen) atoms. The molecule has 98 valence electrons. The summed E-state index contributed by atoms with van der Waals surface area (Å²) in [4.78, 5) is 1.09. The first-order valence-electron chi connectivity index (χ1n) is 5.45. The van der Waals surface area contributed by atoms with Crippen molar-refractivity contribution in [3.05, 3.63) is 17.0 Å². The lowest BCUT2D eigenvalue weighted by Gasteiger charge is -2.21. The van der Waals surface area contributed by atoms with Crippen LogP contribution >= 0.6 is 27.3 Å². The molecule has 0 radical (unpaired) electrons. The zero-order chi connectivity index (χ0) is 13.1. The van der Waals surface area contributed by atoms with Crippen LogP contribution in [-0.2, 0) is 16.4 Å². The van der Waals surface area contributed by atoms with Crippen LogP contribution in [-0.4, -0.2) is 20.3 Å². The average Bonchev–Trinajstić information content (AvgIpc) is 2.76. The van der Waals surface area contributed by atoms with Crippen molar-refractivity contribution >= 4 is 37.3 Å². The summed E-state index contributed by atoms with van der Waals surface area (Å²) in [7, 11) is -3.35. The van der Waals surface area contributed by atoms with E-state index in [1.807, 2.05) is 26.8 Å². The van der Waals surface area contributed by atoms with E-state index in [0.717, 1.165) is 16.6 Å². The highest BCUT2D eigenvalue weighted by atomic mass is 79.9. The summed E-state index contributed by atoms with van der Waals surface area (Å²) >= 11 is 4.71. The molecule has 1 N–H and O–H groups in total. The lowest BCUT2D eigenvalue weighted by Crippen LogP contribution is -2.34. The monoisotopic (exact) mass is 339 g/mol. The first-order chi connectivity index (χ1) is 7.80. The van der Waals surface area contributed by atoms with Crippen LogP contribution in [0.15, 0.2) is 16.3 Å². The molecule has 0 spiro atoms. The van der Waals surface area contributed by atoms with Gasteiger partial charge >= 0.3 is 0 Å². The third kappa shape index (κ3) is 4.35. The predicted octanol–water partition coefficient (Wildman–Crippen LogP) is 3.01. The number of nitrogens with one attached hydrogen (secondary N) is 1. The van der Waals surface area contributed by atoms with E-state index in [2.05, 4.69) is 20.7 Å². The van der Waals surface area contributed by atoms with Gasteiger partial charge in [-0.05, 0) is 24.0 Å². The van der Waals surface area contributed by atoms with Gasteiger partial charge in [-0.25, -0.2) is 13.1 Å². The largest absolute Gasteiger partial charge is 0.250 e. The van der Waals surface area contributed by atoms with Crippen molar-refractivity contribution in [3.8, 4) is 0 Å². The molecule has 6 heteroatoms. The maximum atomic E-state index is 12.0. The predicted molar refractivity (Wildman–Crippen MR) is 76.5 cm³/mol. The van der Waals surface area contributed by atoms with Gasteiger partial charge in [-0.1, -0.05) is 36.7 Å². The van der Waals surface area contributed by atoms with Gasteiger partial charge in [0.05, 0.1) is 0 Å². The van der Waals surface area contributed by atoms with Gasteiger partial charge < -0.3 is 0 Å². The molecule has 0 aliphatic carbocycles. The van der Waals surface area contributed by atoms with Gasteiger partial charge in [0, 0.05) is 16.8 Å². The molecular weight excluding hydrogens is 322 g/mol. The lowest BCUT2D eigenvalue weighted by atomic mass is 9.98. The highest BCUT2D eigenvalue weighted by molar-refractivity contribution is 9.09. The Balaban J connectivity index is 2.76. The fourth-order valence-corrected chi connectivity index (χ4v) is 3.88. The first-order valence-corrected chi connectivity index (χ1v) is 8.87. The Bertz CT molecular complexity index is 466. The summed E-state index contributed by atoms with van der Waals surface area (Å²) in [6, 6.07) is 3.54. The number of hydrogen-bond donors (Lipinski definition) is 1. The molecule has 0 saturated heterocycles. The summed E-state index contributed by atoms with van der Waals surface area (Å²) in [5.41, 5.74) is -0.0854. The van der Waals surface area contributed by atoms with E-state index in [-0.39, 0.29) is 5.41 Å². The Hall–Kier alpha value is 0.0900. The van der Waals surface area contributed by atoms with Crippen molar-refractivity contribution in [1.29, 1.82) is 0 Å². The van der Waals surface area contributed by atoms with Crippen LogP contribution in [0.3, 0.4) is 0 Å². The molecule has 0 aromatic carbocycles. The van der Waals surface area contributed by atoms with Crippen molar-refractivity contribution < 1.29 is 8.42 Å². The highest BCUT2D eigenvalue weighted by Gasteiger charge is 2.22. The summed E-state index contributed by atoms with van der Waals surface area (Å²) in [6.07, 6.45) is 0.868. The molecule has 0 saturated carbocycles. The van der Waals surface area contributed by atoms with Crippen LogP contribution in [0.25, 0.3) is 0 Å². The van der Waals surface area contributed by atoms with Crippen LogP contribution < -0.4 is 4.72 Å². The Morgan fingerprint density at radius 3 is 2.53 bits per heavy atom. The van der Waals surface area contributed by atoms with Gasteiger partial charge in [-0.15, -0.1) is 11.3 Å². The second-order valence-electron chi connectivity index (χ2n) is 4.70. The van der Waals surface area contributed by atoms with Crippen LogP contribution in [0.4, 0.5) is 0 Å². The number of rotatable bonds is 6. The van der Waals surface area contributed by atoms with Crippen LogP contribution in [0.2, 0.25) is 0 Å². The molecular formula is C11H18BrNO2S2. The molecule has 0 amide bonds. The summed E-state index contributed by atoms with van der Waals surface area (Å²) in [5.74, 6) is 0. The fourth-order valence-electron chi connectivity index (χ4n) is 1.10. The molecule has 1 rings (SSSR count). The van der Waals surface area contributed by atoms with Crippen molar-refractivity contribution in [3.63, 3.8) is 0 Å². The zero-order valence-electron chi connectivity index (χ0n) is 10.3. The number of alkyl halides is 1. The second kappa shape index (κ2) is 5.82. The molecule has 0 bridgehead atoms. The summed E-state index contributed by atoms with van der Waals surface area (Å²) in [5, 5.41) is 0.757. The number of sulfonamides is 1. The molecule has 0 aliphatic rings. The fraction of sp³-hybridized carbons (Fsp3) is 0.636. The van der Waals surface area contributed by atoms with Crippen molar-refractivity contribution in [2.24, 2.45) is 5.41 Å². The minimum Gasteiger partial charge on any atom is -0.210 e. The molecule has 0 unspecified atom stereocenters. The summed E-state index contributed by atoms with van der Waals surface area (Å²) in [6.45, 7) is 6.47. The minimum atomic E-state index is -3.35. The lowest BCUT2D eigenvalue weighted by molar-refractivity contribution is 0.420. The van der Waals surface area contributed by atoms with Crippen molar-refractivity contribution in [1.82, 2.24) is 4.72 Å². The third-order valence-corrected chi connectivity index (χ3v) is 6.99. The average molecular weight is 340 g/mol. The smallest absolute Gasteiger partial charge is 0.210 e. The SMILES string of the molecule is CCc1ccc(S(=O)(=O)NCC(C)(C)CBr)s1. The standard InChI is InChI=1S/C11H18BrNO2S2/c1-4-9-5-6-10(16-9)17(14,15)13-8-11(2,3)7-12/h5-6,13H,4,7-8H2,1-3H3. The molecule has 1 heterocycles. The Morgan fingerprint density at radius 2 is 2.06 bits per heavy atom. The zero-order valence-corrected chi connectivity index (χ0v) is 13.5. The van der Waals surface area contributed by atoms with E-state index in [1.165, 1.54) is 11.3 Å². The summed E-state index contributed by atoms with van der Waals surface area (Å²) < 4.78 is 27.1. The van der Waals surface area contributed by atoms with E-state index in [0.29, 0.717) is 10.8 Å². The van der Waals surface area contributed by atoms with E-state index in [4.69, 9.17) is 0 Å². The van der Waals surface area contributed by atoms with E-state index in [9.17, 15) is 8.42 Å². The number of halogens is 1. The minimum absolute atomic E-state index is 0.0854. The Labute approximate surface area is 116 Å². The molecule has 0 aliphatic heterocycles. The molecule has 1 aromatic heterocycles. The van der Waals surface area contributed by atoms with Crippen molar-refractivity contribution in [2.45, 2.75) is 31.4 Å². The Morgan fingerprint density at radius 1 is 1.41 bits per heavy atom. The van der Waals surface area contributed by atoms with Crippen LogP contribution in [0, 0.1) is 5.41 Å². The third-order valence-electron chi connectivity index (χ3n) is 2.35. The maximum absolute atomic E-state index is 12.0. The van der Waals surface area contributed by atoms with Gasteiger partial charge in [0.2, 0.25) is 10.0 Å². The van der Waals surface area contributed by atoms with Gasteiger partial charge in [0.1, 0.15) is 4.21 Å². The number of hydrogen-bond acceptors (Lipinski definition) is 3. The highest BCUT2D eigenvalue weighted by Crippen LogP contribution is 2.23. The molecule has 1 aromatic rings. The quantitative estimate of drug-likeness (QED) is 0.809. The van der Waals surface area contributed by atoms with Crippen LogP contribution in [0.5, 0.6) is 0 Å². The first kappa shape index (κ1) is 15.1. The van der Waals surface area contributed by atoms with Crippen LogP contribution in [0.1, 0.15) is 25.6 Å². The number of thiophene rings is 1. The van der Waals surface area contributed by atoms with Gasteiger partial charge in [0.25, 0.3) is 0 Å². The Kier molecular flexibility index (Phi) is 5.19. The number of aryl methyl sites for hydroxylation is 1. The maximum Gasteiger partial charge on any atom is 0.250 e. The van der Waals surface area contributed by atoms with Gasteiger partial charge in [-0.3, -0.25) is 0 Å². The molecule has 0 atom stereocenters. The van der Waals surface area contributed by atoms with Gasteiger partial charge in [-0.2, -0.15) is 0 Å². The van der Waals surface area contributed by atoms with E-state index >= 15 is 0 Å². The topological polar surface area (TPSA) is 46.2 Å². The normalized spacial score (nSPS) is 12.9.